The largest absolute Gasteiger partial charge is 0.479 e. The van der Waals surface area contributed by atoms with Gasteiger partial charge in [0.05, 0.1) is 13.2 Å². The van der Waals surface area contributed by atoms with Gasteiger partial charge in [-0.1, -0.05) is 13.3 Å². The summed E-state index contributed by atoms with van der Waals surface area (Å²) in [5.41, 5.74) is 0.987. The van der Waals surface area contributed by atoms with Crippen LogP contribution in [0, 0.1) is 0 Å². The second-order valence-corrected chi connectivity index (χ2v) is 4.26. The molecule has 6 heteroatoms. The molecule has 1 N–H and O–H groups in total. The zero-order chi connectivity index (χ0) is 13.0. The number of rotatable bonds is 4. The van der Waals surface area contributed by atoms with Gasteiger partial charge in [-0.2, -0.15) is 0 Å². The summed E-state index contributed by atoms with van der Waals surface area (Å²) in [5, 5.41) is 8.96. The number of carbonyl (C=O) groups is 1. The highest BCUT2D eigenvalue weighted by Gasteiger charge is 2.26. The number of aliphatic carboxylic acids is 1. The Kier molecular flexibility index (Phi) is 4.09. The van der Waals surface area contributed by atoms with Crippen molar-refractivity contribution in [3.63, 3.8) is 0 Å². The lowest BCUT2D eigenvalue weighted by molar-refractivity contribution is -0.150. The summed E-state index contributed by atoms with van der Waals surface area (Å²) in [5.74, 6) is -0.148. The molecule has 0 bridgehead atoms. The number of nitrogens with zero attached hydrogens (tertiary/aromatic N) is 3. The molecule has 0 amide bonds. The number of carboxylic acids is 1. The lowest BCUT2D eigenvalue weighted by Gasteiger charge is -2.31. The number of aryl methyl sites for hydroxylation is 1. The van der Waals surface area contributed by atoms with Crippen molar-refractivity contribution in [2.45, 2.75) is 25.9 Å². The first-order chi connectivity index (χ1) is 8.70. The van der Waals surface area contributed by atoms with E-state index in [4.69, 9.17) is 9.84 Å². The molecule has 0 aromatic carbocycles. The van der Waals surface area contributed by atoms with E-state index in [9.17, 15) is 4.79 Å². The van der Waals surface area contributed by atoms with Crippen molar-refractivity contribution in [3.8, 4) is 0 Å². The Bertz CT molecular complexity index is 425. The Morgan fingerprint density at radius 1 is 1.61 bits per heavy atom. The highest BCUT2D eigenvalue weighted by molar-refractivity contribution is 5.73. The second kappa shape index (κ2) is 5.77. The monoisotopic (exact) mass is 251 g/mol. The van der Waals surface area contributed by atoms with E-state index in [0.29, 0.717) is 19.7 Å². The first-order valence-corrected chi connectivity index (χ1v) is 6.11. The molecule has 0 spiro atoms. The van der Waals surface area contributed by atoms with Gasteiger partial charge in [0.1, 0.15) is 12.1 Å². The molecular formula is C12H17N3O3. The van der Waals surface area contributed by atoms with Gasteiger partial charge in [0.25, 0.3) is 0 Å². The van der Waals surface area contributed by atoms with E-state index in [-0.39, 0.29) is 0 Å². The van der Waals surface area contributed by atoms with Gasteiger partial charge in [0, 0.05) is 18.3 Å². The molecule has 6 nitrogen and oxygen atoms in total. The van der Waals surface area contributed by atoms with E-state index in [0.717, 1.165) is 24.4 Å². The predicted octanol–water partition coefficient (Wildman–Crippen LogP) is 0.719. The van der Waals surface area contributed by atoms with E-state index in [1.807, 2.05) is 11.0 Å². The molecule has 0 radical (unpaired) electrons. The van der Waals surface area contributed by atoms with Crippen molar-refractivity contribution in [1.82, 2.24) is 9.97 Å². The average molecular weight is 251 g/mol. The maximum absolute atomic E-state index is 10.9. The van der Waals surface area contributed by atoms with Crippen LogP contribution in [0.2, 0.25) is 0 Å². The SMILES string of the molecule is CCCc1cc(N2CCOC(C(=O)O)C2)ncn1. The number of carboxylic acid groups (broad SMARTS) is 1. The zero-order valence-electron chi connectivity index (χ0n) is 10.4. The van der Waals surface area contributed by atoms with E-state index in [2.05, 4.69) is 16.9 Å². The molecule has 1 aromatic rings. The predicted molar refractivity (Wildman–Crippen MR) is 65.6 cm³/mol. The van der Waals surface area contributed by atoms with Gasteiger partial charge in [0.2, 0.25) is 0 Å². The number of hydrogen-bond donors (Lipinski definition) is 1. The highest BCUT2D eigenvalue weighted by Crippen LogP contribution is 2.16. The van der Waals surface area contributed by atoms with Crippen molar-refractivity contribution in [3.05, 3.63) is 18.1 Å². The van der Waals surface area contributed by atoms with Crippen LogP contribution in [0.3, 0.4) is 0 Å². The summed E-state index contributed by atoms with van der Waals surface area (Å²) in [6.07, 6.45) is 2.69. The van der Waals surface area contributed by atoms with Crippen LogP contribution in [-0.2, 0) is 16.0 Å². The van der Waals surface area contributed by atoms with Gasteiger partial charge >= 0.3 is 5.97 Å². The van der Waals surface area contributed by atoms with Gasteiger partial charge in [-0.05, 0) is 6.42 Å². The van der Waals surface area contributed by atoms with Crippen LogP contribution in [0.25, 0.3) is 0 Å². The molecule has 0 saturated carbocycles. The quantitative estimate of drug-likeness (QED) is 0.849. The second-order valence-electron chi connectivity index (χ2n) is 4.26. The molecular weight excluding hydrogens is 234 g/mol. The number of hydrogen-bond acceptors (Lipinski definition) is 5. The fourth-order valence-electron chi connectivity index (χ4n) is 1.96. The first kappa shape index (κ1) is 12.8. The van der Waals surface area contributed by atoms with Crippen molar-refractivity contribution in [2.75, 3.05) is 24.6 Å². The van der Waals surface area contributed by atoms with Crippen LogP contribution < -0.4 is 4.90 Å². The first-order valence-electron chi connectivity index (χ1n) is 6.11. The lowest BCUT2D eigenvalue weighted by atomic mass is 10.2. The molecule has 1 aromatic heterocycles. The summed E-state index contributed by atoms with van der Waals surface area (Å²) in [6, 6.07) is 1.92. The smallest absolute Gasteiger partial charge is 0.334 e. The topological polar surface area (TPSA) is 75.5 Å². The zero-order valence-corrected chi connectivity index (χ0v) is 10.4. The lowest BCUT2D eigenvalue weighted by Crippen LogP contribution is -2.46. The van der Waals surface area contributed by atoms with Gasteiger partial charge in [-0.25, -0.2) is 14.8 Å². The third-order valence-electron chi connectivity index (χ3n) is 2.88. The van der Waals surface area contributed by atoms with Gasteiger partial charge < -0.3 is 14.7 Å². The van der Waals surface area contributed by atoms with E-state index >= 15 is 0 Å². The molecule has 1 aliphatic heterocycles. The summed E-state index contributed by atoms with van der Waals surface area (Å²) in [4.78, 5) is 21.2. The Labute approximate surface area is 106 Å². The van der Waals surface area contributed by atoms with E-state index in [1.165, 1.54) is 6.33 Å². The normalized spacial score (nSPS) is 19.8. The molecule has 0 aliphatic carbocycles. The van der Waals surface area contributed by atoms with Crippen LogP contribution in [0.5, 0.6) is 0 Å². The maximum Gasteiger partial charge on any atom is 0.334 e. The van der Waals surface area contributed by atoms with Crippen molar-refractivity contribution < 1.29 is 14.6 Å². The number of aromatic nitrogens is 2. The van der Waals surface area contributed by atoms with Crippen LogP contribution in [0.15, 0.2) is 12.4 Å². The Morgan fingerprint density at radius 2 is 2.44 bits per heavy atom. The van der Waals surface area contributed by atoms with Crippen molar-refractivity contribution >= 4 is 11.8 Å². The summed E-state index contributed by atoms with van der Waals surface area (Å²) in [7, 11) is 0. The van der Waals surface area contributed by atoms with Crippen LogP contribution in [0.4, 0.5) is 5.82 Å². The minimum absolute atomic E-state index is 0.331. The van der Waals surface area contributed by atoms with Crippen molar-refractivity contribution in [2.24, 2.45) is 0 Å². The summed E-state index contributed by atoms with van der Waals surface area (Å²) < 4.78 is 5.18. The maximum atomic E-state index is 10.9. The summed E-state index contributed by atoms with van der Waals surface area (Å²) in [6.45, 7) is 3.49. The Balaban J connectivity index is 2.10. The molecule has 1 fully saturated rings. The number of anilines is 1. The van der Waals surface area contributed by atoms with Crippen LogP contribution in [-0.4, -0.2) is 46.8 Å². The molecule has 2 heterocycles. The molecule has 1 saturated heterocycles. The molecule has 18 heavy (non-hydrogen) atoms. The third kappa shape index (κ3) is 2.95. The van der Waals surface area contributed by atoms with E-state index in [1.54, 1.807) is 0 Å². The molecule has 2 rings (SSSR count). The molecule has 98 valence electrons. The molecule has 1 atom stereocenters. The van der Waals surface area contributed by atoms with Crippen molar-refractivity contribution in [1.29, 1.82) is 0 Å². The highest BCUT2D eigenvalue weighted by atomic mass is 16.5. The van der Waals surface area contributed by atoms with Gasteiger partial charge in [-0.15, -0.1) is 0 Å². The standard InChI is InChI=1S/C12H17N3O3/c1-2-3-9-6-11(14-8-13-9)15-4-5-18-10(7-15)12(16)17/h6,8,10H,2-5,7H2,1H3,(H,16,17). The van der Waals surface area contributed by atoms with Gasteiger partial charge in [-0.3, -0.25) is 0 Å². The average Bonchev–Trinajstić information content (AvgIpc) is 2.39. The minimum Gasteiger partial charge on any atom is -0.479 e. The fraction of sp³-hybridized carbons (Fsp3) is 0.583. The van der Waals surface area contributed by atoms with Crippen LogP contribution >= 0.6 is 0 Å². The molecule has 1 unspecified atom stereocenters. The Hall–Kier alpha value is -1.69. The van der Waals surface area contributed by atoms with Crippen LogP contribution in [0.1, 0.15) is 19.0 Å². The number of ether oxygens (including phenoxy) is 1. The number of morpholine rings is 1. The minimum atomic E-state index is -0.928. The van der Waals surface area contributed by atoms with E-state index < -0.39 is 12.1 Å². The Morgan fingerprint density at radius 3 is 3.17 bits per heavy atom. The fourth-order valence-corrected chi connectivity index (χ4v) is 1.96. The molecule has 1 aliphatic rings. The summed E-state index contributed by atoms with van der Waals surface area (Å²) >= 11 is 0. The van der Waals surface area contributed by atoms with Gasteiger partial charge in [0.15, 0.2) is 6.10 Å². The third-order valence-corrected chi connectivity index (χ3v) is 2.88.